The van der Waals surface area contributed by atoms with Gasteiger partial charge in [0.05, 0.1) is 0 Å². The first-order valence-corrected chi connectivity index (χ1v) is 8.12. The minimum absolute atomic E-state index is 1.20. The molecule has 0 aromatic carbocycles. The Kier molecular flexibility index (Phi) is 14.9. The van der Waals surface area contributed by atoms with Gasteiger partial charge in [-0.2, -0.15) is 0 Å². The van der Waals surface area contributed by atoms with E-state index in [0.29, 0.717) is 0 Å². The van der Waals surface area contributed by atoms with E-state index in [1.807, 2.05) is 0 Å². The Labute approximate surface area is 116 Å². The normalized spacial score (nSPS) is 11.3. The van der Waals surface area contributed by atoms with E-state index in [-0.39, 0.29) is 0 Å². The van der Waals surface area contributed by atoms with Gasteiger partial charge in [0.2, 0.25) is 0 Å². The van der Waals surface area contributed by atoms with Gasteiger partial charge in [-0.05, 0) is 53.0 Å². The largest absolute Gasteiger partial charge is 0.317 e. The molecule has 0 aliphatic heterocycles. The number of nitrogens with zero attached hydrogens (tertiary/aromatic N) is 1. The van der Waals surface area contributed by atoms with Gasteiger partial charge < -0.3 is 10.2 Å². The number of unbranched alkanes of at least 4 members (excludes halogenated alkanes) is 8. The molecule has 0 atom stereocenters. The maximum atomic E-state index is 3.55. The summed E-state index contributed by atoms with van der Waals surface area (Å²) in [5.74, 6) is 0. The first kappa shape index (κ1) is 17.9. The summed E-state index contributed by atoms with van der Waals surface area (Å²) in [6, 6.07) is 0. The quantitative estimate of drug-likeness (QED) is 0.472. The van der Waals surface area contributed by atoms with Crippen molar-refractivity contribution in [3.8, 4) is 0 Å². The highest BCUT2D eigenvalue weighted by Gasteiger charge is 1.93. The fourth-order valence-corrected chi connectivity index (χ4v) is 2.19. The minimum Gasteiger partial charge on any atom is -0.317 e. The number of rotatable bonds is 14. The lowest BCUT2D eigenvalue weighted by Crippen LogP contribution is -2.19. The van der Waals surface area contributed by atoms with E-state index in [1.165, 1.54) is 83.8 Å². The summed E-state index contributed by atoms with van der Waals surface area (Å²) < 4.78 is 0. The lowest BCUT2D eigenvalue weighted by molar-refractivity contribution is 0.391. The Morgan fingerprint density at radius 2 is 1.17 bits per heavy atom. The standard InChI is InChI=1S/C16H36N2/c1-4-5-6-7-8-9-10-11-14-17-15-12-13-16-18(2)3/h17H,4-16H2,1-3H3. The third-order valence-corrected chi connectivity index (χ3v) is 3.42. The van der Waals surface area contributed by atoms with Gasteiger partial charge in [-0.25, -0.2) is 0 Å². The van der Waals surface area contributed by atoms with Gasteiger partial charge in [-0.3, -0.25) is 0 Å². The van der Waals surface area contributed by atoms with Crippen LogP contribution in [0.5, 0.6) is 0 Å². The summed E-state index contributed by atoms with van der Waals surface area (Å²) in [6.45, 7) is 5.92. The molecule has 0 saturated carbocycles. The third-order valence-electron chi connectivity index (χ3n) is 3.42. The molecule has 18 heavy (non-hydrogen) atoms. The van der Waals surface area contributed by atoms with Crippen LogP contribution in [0, 0.1) is 0 Å². The van der Waals surface area contributed by atoms with E-state index in [4.69, 9.17) is 0 Å². The topological polar surface area (TPSA) is 15.3 Å². The summed E-state index contributed by atoms with van der Waals surface area (Å²) >= 11 is 0. The van der Waals surface area contributed by atoms with Gasteiger partial charge in [0.15, 0.2) is 0 Å². The van der Waals surface area contributed by atoms with Crippen LogP contribution in [-0.2, 0) is 0 Å². The van der Waals surface area contributed by atoms with Crippen molar-refractivity contribution in [1.29, 1.82) is 0 Å². The van der Waals surface area contributed by atoms with Crippen LogP contribution in [-0.4, -0.2) is 38.6 Å². The zero-order valence-electron chi connectivity index (χ0n) is 13.1. The monoisotopic (exact) mass is 256 g/mol. The van der Waals surface area contributed by atoms with E-state index >= 15 is 0 Å². The lowest BCUT2D eigenvalue weighted by atomic mass is 10.1. The number of hydrogen-bond donors (Lipinski definition) is 1. The van der Waals surface area contributed by atoms with Gasteiger partial charge in [-0.15, -0.1) is 0 Å². The molecule has 0 aliphatic rings. The van der Waals surface area contributed by atoms with Gasteiger partial charge in [0, 0.05) is 0 Å². The number of hydrogen-bond acceptors (Lipinski definition) is 2. The molecule has 0 amide bonds. The molecule has 0 aromatic rings. The number of nitrogens with one attached hydrogen (secondary N) is 1. The molecular formula is C16H36N2. The van der Waals surface area contributed by atoms with E-state index in [1.54, 1.807) is 0 Å². The summed E-state index contributed by atoms with van der Waals surface area (Å²) in [5, 5.41) is 3.55. The van der Waals surface area contributed by atoms with E-state index < -0.39 is 0 Å². The molecule has 0 bridgehead atoms. The van der Waals surface area contributed by atoms with Crippen molar-refractivity contribution in [2.75, 3.05) is 33.7 Å². The highest BCUT2D eigenvalue weighted by atomic mass is 15.0. The minimum atomic E-state index is 1.20. The predicted octanol–water partition coefficient (Wildman–Crippen LogP) is 4.06. The van der Waals surface area contributed by atoms with Crippen LogP contribution in [0.4, 0.5) is 0 Å². The Balaban J connectivity index is 2.90. The Morgan fingerprint density at radius 1 is 0.667 bits per heavy atom. The van der Waals surface area contributed by atoms with E-state index in [9.17, 15) is 0 Å². The van der Waals surface area contributed by atoms with Crippen molar-refractivity contribution in [3.05, 3.63) is 0 Å². The second-order valence-corrected chi connectivity index (χ2v) is 5.74. The predicted molar refractivity (Wildman–Crippen MR) is 83.3 cm³/mol. The first-order chi connectivity index (χ1) is 8.77. The second-order valence-electron chi connectivity index (χ2n) is 5.74. The third kappa shape index (κ3) is 15.9. The summed E-state index contributed by atoms with van der Waals surface area (Å²) in [5.41, 5.74) is 0. The Morgan fingerprint density at radius 3 is 1.72 bits per heavy atom. The molecule has 2 nitrogen and oxygen atoms in total. The summed E-state index contributed by atoms with van der Waals surface area (Å²) in [7, 11) is 4.29. The molecule has 110 valence electrons. The van der Waals surface area contributed by atoms with Crippen molar-refractivity contribution in [1.82, 2.24) is 10.2 Å². The molecule has 0 aromatic heterocycles. The highest BCUT2D eigenvalue weighted by molar-refractivity contribution is 4.52. The maximum absolute atomic E-state index is 3.55. The van der Waals surface area contributed by atoms with Crippen LogP contribution in [0.25, 0.3) is 0 Å². The van der Waals surface area contributed by atoms with Crippen LogP contribution in [0.2, 0.25) is 0 Å². The van der Waals surface area contributed by atoms with Crippen LogP contribution in [0.15, 0.2) is 0 Å². The smallest absolute Gasteiger partial charge is 0.00244 e. The van der Waals surface area contributed by atoms with Crippen molar-refractivity contribution in [2.45, 2.75) is 71.1 Å². The molecule has 1 N–H and O–H groups in total. The SMILES string of the molecule is CCCCCCCCCCNCCCCN(C)C. The molecule has 0 fully saturated rings. The molecule has 0 heterocycles. The molecule has 0 unspecified atom stereocenters. The van der Waals surface area contributed by atoms with Crippen molar-refractivity contribution >= 4 is 0 Å². The van der Waals surface area contributed by atoms with Gasteiger partial charge in [0.1, 0.15) is 0 Å². The van der Waals surface area contributed by atoms with Crippen LogP contribution in [0.1, 0.15) is 71.1 Å². The molecule has 0 spiro atoms. The summed E-state index contributed by atoms with van der Waals surface area (Å²) in [6.07, 6.45) is 14.0. The first-order valence-electron chi connectivity index (χ1n) is 8.12. The second kappa shape index (κ2) is 15.0. The Bertz CT molecular complexity index is 146. The fraction of sp³-hybridized carbons (Fsp3) is 1.00. The molecule has 0 aliphatic carbocycles. The lowest BCUT2D eigenvalue weighted by Gasteiger charge is -2.09. The average Bonchev–Trinajstić information content (AvgIpc) is 2.34. The zero-order chi connectivity index (χ0) is 13.5. The summed E-state index contributed by atoms with van der Waals surface area (Å²) in [4.78, 5) is 2.26. The Hall–Kier alpha value is -0.0800. The molecule has 0 saturated heterocycles. The van der Waals surface area contributed by atoms with Gasteiger partial charge in [-0.1, -0.05) is 51.9 Å². The molecule has 0 rings (SSSR count). The van der Waals surface area contributed by atoms with E-state index in [0.717, 1.165) is 0 Å². The zero-order valence-corrected chi connectivity index (χ0v) is 13.1. The van der Waals surface area contributed by atoms with E-state index in [2.05, 4.69) is 31.2 Å². The van der Waals surface area contributed by atoms with Gasteiger partial charge in [0.25, 0.3) is 0 Å². The highest BCUT2D eigenvalue weighted by Crippen LogP contribution is 2.07. The fourth-order valence-electron chi connectivity index (χ4n) is 2.19. The van der Waals surface area contributed by atoms with Crippen LogP contribution < -0.4 is 5.32 Å². The van der Waals surface area contributed by atoms with Crippen molar-refractivity contribution in [2.24, 2.45) is 0 Å². The van der Waals surface area contributed by atoms with Crippen molar-refractivity contribution in [3.63, 3.8) is 0 Å². The van der Waals surface area contributed by atoms with Gasteiger partial charge >= 0.3 is 0 Å². The molecular weight excluding hydrogens is 220 g/mol. The average molecular weight is 256 g/mol. The van der Waals surface area contributed by atoms with Crippen LogP contribution >= 0.6 is 0 Å². The molecule has 0 radical (unpaired) electrons. The van der Waals surface area contributed by atoms with Crippen molar-refractivity contribution < 1.29 is 0 Å². The van der Waals surface area contributed by atoms with Crippen LogP contribution in [0.3, 0.4) is 0 Å². The maximum Gasteiger partial charge on any atom is -0.00244 e. The molecule has 2 heteroatoms.